The Morgan fingerprint density at radius 3 is 1.28 bits per heavy atom. The molecule has 1 saturated carbocycles. The molecule has 6 unspecified atom stereocenters. The van der Waals surface area contributed by atoms with Gasteiger partial charge in [-0.15, -0.1) is 0 Å². The topological polar surface area (TPSA) is 210 Å². The van der Waals surface area contributed by atoms with Gasteiger partial charge < -0.3 is 39.9 Å². The van der Waals surface area contributed by atoms with Crippen LogP contribution in [0.4, 0.5) is 0 Å². The molecule has 61 heavy (non-hydrogen) atoms. The molecule has 0 radical (unpaired) electrons. The van der Waals surface area contributed by atoms with Crippen molar-refractivity contribution in [1.29, 1.82) is 0 Å². The van der Waals surface area contributed by atoms with Gasteiger partial charge >= 0.3 is 19.8 Å². The summed E-state index contributed by atoms with van der Waals surface area (Å²) in [6.07, 6.45) is 28.0. The molecule has 0 amide bonds. The number of phosphoric acid groups is 1. The van der Waals surface area contributed by atoms with Gasteiger partial charge in [-0.3, -0.25) is 18.6 Å². The van der Waals surface area contributed by atoms with E-state index in [1.165, 1.54) is 116 Å². The minimum absolute atomic E-state index is 0.0678. The van der Waals surface area contributed by atoms with Crippen LogP contribution >= 0.6 is 7.82 Å². The Hall–Kier alpha value is -1.67. The van der Waals surface area contributed by atoms with Crippen LogP contribution < -0.4 is 0 Å². The molecular weight excluding hydrogens is 803 g/mol. The highest BCUT2D eigenvalue weighted by atomic mass is 31.2. The Balaban J connectivity index is 2.45. The summed E-state index contributed by atoms with van der Waals surface area (Å²) in [5, 5.41) is 50.2. The molecule has 1 aliphatic carbocycles. The van der Waals surface area contributed by atoms with Crippen LogP contribution in [0, 0.1) is 0 Å². The molecule has 0 aromatic heterocycles. The van der Waals surface area contributed by atoms with Crippen LogP contribution in [0.3, 0.4) is 0 Å². The number of hydrogen-bond donors (Lipinski definition) is 6. The van der Waals surface area contributed by atoms with Crippen LogP contribution in [-0.2, 0) is 32.7 Å². The normalized spacial score (nSPS) is 22.2. The van der Waals surface area contributed by atoms with Crippen molar-refractivity contribution >= 4 is 19.8 Å². The fourth-order valence-corrected chi connectivity index (χ4v) is 8.31. The lowest BCUT2D eigenvalue weighted by molar-refractivity contribution is -0.220. The van der Waals surface area contributed by atoms with Crippen molar-refractivity contribution in [2.75, 3.05) is 13.2 Å². The monoisotopic (exact) mass is 891 g/mol. The first-order valence-electron chi connectivity index (χ1n) is 24.1. The first-order valence-corrected chi connectivity index (χ1v) is 25.6. The third-order valence-corrected chi connectivity index (χ3v) is 12.3. The van der Waals surface area contributed by atoms with E-state index in [1.54, 1.807) is 0 Å². The maximum Gasteiger partial charge on any atom is 0.472 e. The Morgan fingerprint density at radius 2 is 0.836 bits per heavy atom. The SMILES string of the molecule is CCCCCCCC/C=C/CCCCCCCCCC(=O)OC[C@@H](COP(=O)(O)OC1C(O)C(O)C(O)[C@H](O)C1O)OC(=O)CCCC/C=C/CCCCCCCCCCC. The zero-order chi connectivity index (χ0) is 45.0. The summed E-state index contributed by atoms with van der Waals surface area (Å²) in [4.78, 5) is 35.7. The van der Waals surface area contributed by atoms with E-state index in [1.807, 2.05) is 0 Å². The molecule has 0 bridgehead atoms. The number of rotatable bonds is 40. The van der Waals surface area contributed by atoms with Crippen LogP contribution in [0.1, 0.15) is 206 Å². The minimum atomic E-state index is -5.12. The van der Waals surface area contributed by atoms with E-state index in [9.17, 15) is 44.6 Å². The largest absolute Gasteiger partial charge is 0.472 e. The van der Waals surface area contributed by atoms with Gasteiger partial charge in [0.15, 0.2) is 6.10 Å². The summed E-state index contributed by atoms with van der Waals surface area (Å²) in [7, 11) is -5.12. The molecule has 8 atom stereocenters. The lowest BCUT2D eigenvalue weighted by Crippen LogP contribution is -2.64. The number of aliphatic hydroxyl groups excluding tert-OH is 5. The molecular formula is C47H87O13P. The van der Waals surface area contributed by atoms with Crippen LogP contribution in [0.5, 0.6) is 0 Å². The third kappa shape index (κ3) is 30.2. The standard InChI is InChI=1S/C47H87O13P/c1-3-5-7-9-11-13-15-17-19-20-22-23-25-27-29-31-33-35-40(48)57-37-39(38-58-61(55,56)60-47-45(53)43(51)42(50)44(52)46(47)54)59-41(49)36-34-32-30-28-26-24-21-18-16-14-12-10-8-6-4-2/h17,19,26,28,39,42-47,50-54H,3-16,18,20-25,27,29-38H2,1-2H3,(H,55,56)/b19-17+,28-26+/t39-,42?,43-,44?,45?,46?,47?/m0/s1. The number of esters is 2. The Morgan fingerprint density at radius 1 is 0.492 bits per heavy atom. The minimum Gasteiger partial charge on any atom is -0.462 e. The first kappa shape index (κ1) is 57.3. The van der Waals surface area contributed by atoms with Crippen molar-refractivity contribution in [1.82, 2.24) is 0 Å². The van der Waals surface area contributed by atoms with Gasteiger partial charge in [0.2, 0.25) is 0 Å². The van der Waals surface area contributed by atoms with E-state index in [2.05, 4.69) is 38.2 Å². The fraction of sp³-hybridized carbons (Fsp3) is 0.872. The number of unbranched alkanes of at least 4 members (excludes halogenated alkanes) is 24. The number of carbonyl (C=O) groups excluding carboxylic acids is 2. The summed E-state index contributed by atoms with van der Waals surface area (Å²) in [6.45, 7) is 3.29. The third-order valence-electron chi connectivity index (χ3n) is 11.3. The van der Waals surface area contributed by atoms with Crippen LogP contribution in [0.2, 0.25) is 0 Å². The molecule has 13 nitrogen and oxygen atoms in total. The van der Waals surface area contributed by atoms with Crippen LogP contribution in [0.25, 0.3) is 0 Å². The van der Waals surface area contributed by atoms with Crippen molar-refractivity contribution < 1.29 is 63.1 Å². The second-order valence-corrected chi connectivity index (χ2v) is 18.4. The number of aliphatic hydroxyl groups is 5. The predicted molar refractivity (Wildman–Crippen MR) is 240 cm³/mol. The summed E-state index contributed by atoms with van der Waals surface area (Å²) < 4.78 is 33.5. The molecule has 1 rings (SSSR count). The lowest BCUT2D eigenvalue weighted by Gasteiger charge is -2.41. The highest BCUT2D eigenvalue weighted by Crippen LogP contribution is 2.47. The zero-order valence-electron chi connectivity index (χ0n) is 38.0. The summed E-state index contributed by atoms with van der Waals surface area (Å²) in [6, 6.07) is 0. The maximum absolute atomic E-state index is 12.8. The smallest absolute Gasteiger partial charge is 0.462 e. The van der Waals surface area contributed by atoms with Crippen LogP contribution in [-0.4, -0.2) is 98.3 Å². The van der Waals surface area contributed by atoms with Gasteiger partial charge in [0.1, 0.15) is 43.2 Å². The summed E-state index contributed by atoms with van der Waals surface area (Å²) in [5.41, 5.74) is 0. The van der Waals surface area contributed by atoms with Crippen molar-refractivity contribution in [3.05, 3.63) is 24.3 Å². The quantitative estimate of drug-likeness (QED) is 0.0147. The molecule has 0 spiro atoms. The predicted octanol–water partition coefficient (Wildman–Crippen LogP) is 9.62. The van der Waals surface area contributed by atoms with E-state index < -0.39 is 75.7 Å². The number of carbonyl (C=O) groups is 2. The first-order chi connectivity index (χ1) is 29.4. The lowest BCUT2D eigenvalue weighted by atomic mass is 9.85. The van der Waals surface area contributed by atoms with Crippen molar-refractivity contribution in [3.63, 3.8) is 0 Å². The van der Waals surface area contributed by atoms with Crippen molar-refractivity contribution in [2.24, 2.45) is 0 Å². The number of allylic oxidation sites excluding steroid dienone is 4. The van der Waals surface area contributed by atoms with Crippen molar-refractivity contribution in [2.45, 2.75) is 249 Å². The molecule has 1 fully saturated rings. The molecule has 1 aliphatic rings. The van der Waals surface area contributed by atoms with E-state index in [0.29, 0.717) is 12.8 Å². The molecule has 0 saturated heterocycles. The number of hydrogen-bond acceptors (Lipinski definition) is 12. The van der Waals surface area contributed by atoms with Gasteiger partial charge in [0.05, 0.1) is 6.61 Å². The fourth-order valence-electron chi connectivity index (χ4n) is 7.34. The van der Waals surface area contributed by atoms with Gasteiger partial charge in [-0.2, -0.15) is 0 Å². The van der Waals surface area contributed by atoms with Gasteiger partial charge in [-0.1, -0.05) is 154 Å². The summed E-state index contributed by atoms with van der Waals surface area (Å²) in [5.74, 6) is -1.12. The van der Waals surface area contributed by atoms with Crippen molar-refractivity contribution in [3.8, 4) is 0 Å². The molecule has 14 heteroatoms. The Kier molecular flexibility index (Phi) is 35.4. The van der Waals surface area contributed by atoms with Gasteiger partial charge in [-0.05, 0) is 64.2 Å². The highest BCUT2D eigenvalue weighted by Gasteiger charge is 2.51. The Labute approximate surface area is 368 Å². The van der Waals surface area contributed by atoms with E-state index in [-0.39, 0.29) is 12.8 Å². The highest BCUT2D eigenvalue weighted by molar-refractivity contribution is 7.47. The Bertz CT molecular complexity index is 1170. The van der Waals surface area contributed by atoms with Gasteiger partial charge in [-0.25, -0.2) is 4.57 Å². The van der Waals surface area contributed by atoms with E-state index in [0.717, 1.165) is 51.4 Å². The summed E-state index contributed by atoms with van der Waals surface area (Å²) >= 11 is 0. The van der Waals surface area contributed by atoms with Crippen LogP contribution in [0.15, 0.2) is 24.3 Å². The molecule has 0 aromatic carbocycles. The molecule has 358 valence electrons. The van der Waals surface area contributed by atoms with Gasteiger partial charge in [0.25, 0.3) is 0 Å². The second kappa shape index (κ2) is 37.7. The maximum atomic E-state index is 12.8. The van der Waals surface area contributed by atoms with E-state index >= 15 is 0 Å². The number of phosphoric ester groups is 1. The molecule has 6 N–H and O–H groups in total. The second-order valence-electron chi connectivity index (χ2n) is 17.0. The molecule has 0 aliphatic heterocycles. The average molecular weight is 891 g/mol. The average Bonchev–Trinajstić information content (AvgIpc) is 3.24. The number of ether oxygens (including phenoxy) is 2. The van der Waals surface area contributed by atoms with E-state index in [4.69, 9.17) is 18.5 Å². The molecule has 0 heterocycles. The van der Waals surface area contributed by atoms with Gasteiger partial charge in [0, 0.05) is 12.8 Å². The zero-order valence-corrected chi connectivity index (χ0v) is 38.9. The molecule has 0 aromatic rings.